The van der Waals surface area contributed by atoms with E-state index in [1.165, 1.54) is 41.3 Å². The molecule has 1 aliphatic heterocycles. The zero-order valence-electron chi connectivity index (χ0n) is 16.4. The predicted molar refractivity (Wildman–Crippen MR) is 107 cm³/mol. The Morgan fingerprint density at radius 2 is 1.63 bits per heavy atom. The molecule has 0 atom stereocenters. The number of nitrogens with one attached hydrogen (secondary N) is 1. The second-order valence-electron chi connectivity index (χ2n) is 7.09. The van der Waals surface area contributed by atoms with Crippen molar-refractivity contribution in [2.75, 3.05) is 32.7 Å². The lowest BCUT2D eigenvalue weighted by Crippen LogP contribution is -2.42. The normalized spacial score (nSPS) is 14.2. The van der Waals surface area contributed by atoms with E-state index in [-0.39, 0.29) is 36.9 Å². The van der Waals surface area contributed by atoms with Crippen molar-refractivity contribution < 1.29 is 23.2 Å². The fourth-order valence-electron chi connectivity index (χ4n) is 3.36. The van der Waals surface area contributed by atoms with Crippen LogP contribution in [0, 0.1) is 11.6 Å². The SMILES string of the molecule is O=C(Cc1cccc(F)c1)NCC(=O)N1CCCN(C(=O)c2ccccc2F)CC1. The highest BCUT2D eigenvalue weighted by Gasteiger charge is 2.24. The lowest BCUT2D eigenvalue weighted by atomic mass is 10.1. The molecule has 1 aliphatic rings. The number of benzene rings is 2. The molecule has 2 aromatic carbocycles. The Bertz CT molecular complexity index is 935. The third-order valence-corrected chi connectivity index (χ3v) is 4.93. The van der Waals surface area contributed by atoms with Crippen molar-refractivity contribution >= 4 is 17.7 Å². The van der Waals surface area contributed by atoms with Gasteiger partial charge < -0.3 is 15.1 Å². The van der Waals surface area contributed by atoms with Gasteiger partial charge in [0.1, 0.15) is 11.6 Å². The molecule has 6 nitrogen and oxygen atoms in total. The smallest absolute Gasteiger partial charge is 0.256 e. The molecule has 0 aromatic heterocycles. The Hall–Kier alpha value is -3.29. The molecule has 30 heavy (non-hydrogen) atoms. The number of carbonyl (C=O) groups is 3. The molecular weight excluding hydrogens is 392 g/mol. The van der Waals surface area contributed by atoms with Crippen molar-refractivity contribution in [3.05, 3.63) is 71.3 Å². The number of hydrogen-bond donors (Lipinski definition) is 1. The fraction of sp³-hybridized carbons (Fsp3) is 0.318. The second-order valence-corrected chi connectivity index (χ2v) is 7.09. The van der Waals surface area contributed by atoms with Gasteiger partial charge in [-0.2, -0.15) is 0 Å². The van der Waals surface area contributed by atoms with E-state index in [0.29, 0.717) is 31.6 Å². The molecule has 2 aromatic rings. The largest absolute Gasteiger partial charge is 0.347 e. The molecule has 3 rings (SSSR count). The number of hydrogen-bond acceptors (Lipinski definition) is 3. The van der Waals surface area contributed by atoms with Gasteiger partial charge in [-0.1, -0.05) is 24.3 Å². The molecule has 0 unspecified atom stereocenters. The van der Waals surface area contributed by atoms with Crippen molar-refractivity contribution in [1.82, 2.24) is 15.1 Å². The van der Waals surface area contributed by atoms with Crippen LogP contribution in [0.2, 0.25) is 0 Å². The average molecular weight is 415 g/mol. The molecule has 1 fully saturated rings. The third kappa shape index (κ3) is 5.62. The second kappa shape index (κ2) is 9.96. The molecule has 0 radical (unpaired) electrons. The summed E-state index contributed by atoms with van der Waals surface area (Å²) in [5.74, 6) is -2.02. The number of rotatable bonds is 5. The van der Waals surface area contributed by atoms with Gasteiger partial charge >= 0.3 is 0 Å². The summed E-state index contributed by atoms with van der Waals surface area (Å²) in [4.78, 5) is 40.1. The zero-order valence-corrected chi connectivity index (χ0v) is 16.4. The number of amides is 3. The van der Waals surface area contributed by atoms with Gasteiger partial charge in [0, 0.05) is 26.2 Å². The van der Waals surface area contributed by atoms with E-state index < -0.39 is 17.5 Å². The van der Waals surface area contributed by atoms with Crippen molar-refractivity contribution in [1.29, 1.82) is 0 Å². The lowest BCUT2D eigenvalue weighted by Gasteiger charge is -2.22. The molecule has 0 saturated carbocycles. The zero-order chi connectivity index (χ0) is 21.5. The van der Waals surface area contributed by atoms with Crippen LogP contribution in [-0.4, -0.2) is 60.2 Å². The summed E-state index contributed by atoms with van der Waals surface area (Å²) in [6, 6.07) is 11.6. The van der Waals surface area contributed by atoms with Crippen LogP contribution in [0.5, 0.6) is 0 Å². The molecule has 1 saturated heterocycles. The van der Waals surface area contributed by atoms with Gasteiger partial charge in [0.15, 0.2) is 0 Å². The number of carbonyl (C=O) groups excluding carboxylic acids is 3. The van der Waals surface area contributed by atoms with Gasteiger partial charge in [-0.05, 0) is 36.2 Å². The van der Waals surface area contributed by atoms with Crippen LogP contribution in [0.15, 0.2) is 48.5 Å². The highest BCUT2D eigenvalue weighted by atomic mass is 19.1. The summed E-state index contributed by atoms with van der Waals surface area (Å²) >= 11 is 0. The van der Waals surface area contributed by atoms with Crippen molar-refractivity contribution in [3.8, 4) is 0 Å². The summed E-state index contributed by atoms with van der Waals surface area (Å²) in [5.41, 5.74) is 0.541. The molecule has 0 aliphatic carbocycles. The topological polar surface area (TPSA) is 69.7 Å². The number of halogens is 2. The van der Waals surface area contributed by atoms with E-state index in [4.69, 9.17) is 0 Å². The van der Waals surface area contributed by atoms with Gasteiger partial charge in [-0.25, -0.2) is 8.78 Å². The molecule has 8 heteroatoms. The Morgan fingerprint density at radius 3 is 2.40 bits per heavy atom. The van der Waals surface area contributed by atoms with Crippen molar-refractivity contribution in [2.45, 2.75) is 12.8 Å². The maximum atomic E-state index is 13.9. The van der Waals surface area contributed by atoms with Gasteiger partial charge in [-0.15, -0.1) is 0 Å². The summed E-state index contributed by atoms with van der Waals surface area (Å²) in [7, 11) is 0. The lowest BCUT2D eigenvalue weighted by molar-refractivity contribution is -0.132. The first kappa shape index (κ1) is 21.4. The van der Waals surface area contributed by atoms with Crippen LogP contribution in [-0.2, 0) is 16.0 Å². The molecule has 158 valence electrons. The molecule has 0 bridgehead atoms. The molecule has 0 spiro atoms. The summed E-state index contributed by atoms with van der Waals surface area (Å²) in [6.45, 7) is 1.28. The Balaban J connectivity index is 1.49. The van der Waals surface area contributed by atoms with Gasteiger partial charge in [-0.3, -0.25) is 14.4 Å². The fourth-order valence-corrected chi connectivity index (χ4v) is 3.36. The van der Waals surface area contributed by atoms with Crippen molar-refractivity contribution in [3.63, 3.8) is 0 Å². The van der Waals surface area contributed by atoms with Crippen molar-refractivity contribution in [2.24, 2.45) is 0 Å². The van der Waals surface area contributed by atoms with Crippen LogP contribution in [0.3, 0.4) is 0 Å². The summed E-state index contributed by atoms with van der Waals surface area (Å²) < 4.78 is 27.1. The van der Waals surface area contributed by atoms with E-state index in [1.807, 2.05) is 0 Å². The Kier molecular flexibility index (Phi) is 7.11. The first-order valence-electron chi connectivity index (χ1n) is 9.77. The minimum absolute atomic E-state index is 0.0156. The highest BCUT2D eigenvalue weighted by Crippen LogP contribution is 2.13. The standard InChI is InChI=1S/C22H23F2N3O3/c23-17-6-3-5-16(13-17)14-20(28)25-15-21(29)26-9-4-10-27(12-11-26)22(30)18-7-1-2-8-19(18)24/h1-3,5-8,13H,4,9-12,14-15H2,(H,25,28). The molecule has 1 N–H and O–H groups in total. The first-order chi connectivity index (χ1) is 14.4. The van der Waals surface area contributed by atoms with Gasteiger partial charge in [0.05, 0.1) is 18.5 Å². The van der Waals surface area contributed by atoms with E-state index in [9.17, 15) is 23.2 Å². The average Bonchev–Trinajstić information content (AvgIpc) is 2.98. The monoisotopic (exact) mass is 415 g/mol. The third-order valence-electron chi connectivity index (χ3n) is 4.93. The summed E-state index contributed by atoms with van der Waals surface area (Å²) in [5, 5.41) is 2.55. The maximum Gasteiger partial charge on any atom is 0.256 e. The van der Waals surface area contributed by atoms with E-state index in [1.54, 1.807) is 17.0 Å². The van der Waals surface area contributed by atoms with Crippen LogP contribution in [0.4, 0.5) is 8.78 Å². The van der Waals surface area contributed by atoms with Crippen LogP contribution in [0.1, 0.15) is 22.3 Å². The Morgan fingerprint density at radius 1 is 0.900 bits per heavy atom. The number of nitrogens with zero attached hydrogens (tertiary/aromatic N) is 2. The first-order valence-corrected chi connectivity index (χ1v) is 9.77. The molecule has 1 heterocycles. The molecular formula is C22H23F2N3O3. The minimum Gasteiger partial charge on any atom is -0.347 e. The van der Waals surface area contributed by atoms with E-state index in [0.717, 1.165) is 0 Å². The van der Waals surface area contributed by atoms with Gasteiger partial charge in [0.25, 0.3) is 5.91 Å². The quantitative estimate of drug-likeness (QED) is 0.812. The van der Waals surface area contributed by atoms with Crippen LogP contribution in [0.25, 0.3) is 0 Å². The van der Waals surface area contributed by atoms with E-state index in [2.05, 4.69) is 5.32 Å². The van der Waals surface area contributed by atoms with E-state index >= 15 is 0 Å². The summed E-state index contributed by atoms with van der Waals surface area (Å²) in [6.07, 6.45) is 0.541. The van der Waals surface area contributed by atoms with Crippen LogP contribution < -0.4 is 5.32 Å². The molecule has 3 amide bonds. The highest BCUT2D eigenvalue weighted by molar-refractivity contribution is 5.94. The van der Waals surface area contributed by atoms with Gasteiger partial charge in [0.2, 0.25) is 11.8 Å². The Labute approximate surface area is 173 Å². The predicted octanol–water partition coefficient (Wildman–Crippen LogP) is 2.00. The minimum atomic E-state index is -0.569. The van der Waals surface area contributed by atoms with Crippen LogP contribution >= 0.6 is 0 Å². The maximum absolute atomic E-state index is 13.9.